The molecule has 3 heteroatoms. The zero-order valence-electron chi connectivity index (χ0n) is 10.9. The Labute approximate surface area is 118 Å². The number of benzene rings is 1. The first-order valence-electron chi connectivity index (χ1n) is 6.14. The van der Waals surface area contributed by atoms with Crippen LogP contribution >= 0.6 is 22.9 Å². The van der Waals surface area contributed by atoms with Crippen molar-refractivity contribution in [2.45, 2.75) is 32.9 Å². The maximum atomic E-state index is 5.97. The van der Waals surface area contributed by atoms with Crippen LogP contribution in [0.3, 0.4) is 0 Å². The molecule has 2 aromatic rings. The quantitative estimate of drug-likeness (QED) is 0.819. The van der Waals surface area contributed by atoms with E-state index in [4.69, 9.17) is 11.6 Å². The standard InChI is InChI=1S/C15H18ClNS/c1-10-5-4-6-13(9-10)11(2)17-12(3)14-7-8-15(16)18-14/h4-9,11-12,17H,1-3H3. The summed E-state index contributed by atoms with van der Waals surface area (Å²) in [6.45, 7) is 6.49. The van der Waals surface area contributed by atoms with Gasteiger partial charge in [0.25, 0.3) is 0 Å². The third kappa shape index (κ3) is 3.35. The van der Waals surface area contributed by atoms with Gasteiger partial charge in [0, 0.05) is 17.0 Å². The molecule has 0 saturated carbocycles. The third-order valence-corrected chi connectivity index (χ3v) is 4.48. The Morgan fingerprint density at radius 2 is 1.89 bits per heavy atom. The highest BCUT2D eigenvalue weighted by Gasteiger charge is 2.12. The summed E-state index contributed by atoms with van der Waals surface area (Å²) in [6, 6.07) is 13.3. The van der Waals surface area contributed by atoms with E-state index in [1.54, 1.807) is 11.3 Å². The summed E-state index contributed by atoms with van der Waals surface area (Å²) < 4.78 is 0.849. The number of rotatable bonds is 4. The van der Waals surface area contributed by atoms with Crippen LogP contribution in [0.1, 0.15) is 41.9 Å². The van der Waals surface area contributed by atoms with E-state index in [0.717, 1.165) is 4.34 Å². The van der Waals surface area contributed by atoms with Crippen LogP contribution in [0.15, 0.2) is 36.4 Å². The topological polar surface area (TPSA) is 12.0 Å². The molecule has 0 saturated heterocycles. The van der Waals surface area contributed by atoms with Crippen molar-refractivity contribution in [3.8, 4) is 0 Å². The molecule has 0 amide bonds. The summed E-state index contributed by atoms with van der Waals surface area (Å²) in [5.41, 5.74) is 2.62. The summed E-state index contributed by atoms with van der Waals surface area (Å²) in [4.78, 5) is 1.28. The molecule has 0 aliphatic rings. The van der Waals surface area contributed by atoms with Crippen LogP contribution in [-0.4, -0.2) is 0 Å². The Morgan fingerprint density at radius 1 is 1.11 bits per heavy atom. The largest absolute Gasteiger partial charge is 0.303 e. The highest BCUT2D eigenvalue weighted by molar-refractivity contribution is 7.16. The second kappa shape index (κ2) is 5.87. The average molecular weight is 280 g/mol. The first-order valence-corrected chi connectivity index (χ1v) is 7.33. The van der Waals surface area contributed by atoms with Gasteiger partial charge in [-0.05, 0) is 38.5 Å². The summed E-state index contributed by atoms with van der Waals surface area (Å²) >= 11 is 7.61. The predicted molar refractivity (Wildman–Crippen MR) is 80.5 cm³/mol. The Morgan fingerprint density at radius 3 is 2.50 bits per heavy atom. The van der Waals surface area contributed by atoms with Gasteiger partial charge in [-0.25, -0.2) is 0 Å². The molecular weight excluding hydrogens is 262 g/mol. The van der Waals surface area contributed by atoms with Gasteiger partial charge in [0.2, 0.25) is 0 Å². The maximum Gasteiger partial charge on any atom is 0.0931 e. The lowest BCUT2D eigenvalue weighted by molar-refractivity contribution is 0.500. The van der Waals surface area contributed by atoms with Crippen LogP contribution in [0.2, 0.25) is 4.34 Å². The monoisotopic (exact) mass is 279 g/mol. The minimum absolute atomic E-state index is 0.318. The van der Waals surface area contributed by atoms with Crippen molar-refractivity contribution in [3.05, 3.63) is 56.7 Å². The van der Waals surface area contributed by atoms with Crippen LogP contribution in [-0.2, 0) is 0 Å². The molecule has 0 spiro atoms. The van der Waals surface area contributed by atoms with Gasteiger partial charge in [-0.3, -0.25) is 0 Å². The molecule has 0 aliphatic carbocycles. The number of halogens is 1. The van der Waals surface area contributed by atoms with E-state index < -0.39 is 0 Å². The molecule has 0 radical (unpaired) electrons. The molecule has 1 heterocycles. The summed E-state index contributed by atoms with van der Waals surface area (Å²) in [6.07, 6.45) is 0. The summed E-state index contributed by atoms with van der Waals surface area (Å²) in [5.74, 6) is 0. The minimum Gasteiger partial charge on any atom is -0.303 e. The van der Waals surface area contributed by atoms with E-state index in [-0.39, 0.29) is 0 Å². The van der Waals surface area contributed by atoms with Gasteiger partial charge in [-0.2, -0.15) is 0 Å². The van der Waals surface area contributed by atoms with Gasteiger partial charge in [0.15, 0.2) is 0 Å². The summed E-state index contributed by atoms with van der Waals surface area (Å²) in [7, 11) is 0. The molecule has 1 N–H and O–H groups in total. The molecule has 0 bridgehead atoms. The van der Waals surface area contributed by atoms with Crippen LogP contribution in [0.25, 0.3) is 0 Å². The van der Waals surface area contributed by atoms with E-state index in [1.807, 2.05) is 6.07 Å². The number of aryl methyl sites for hydroxylation is 1. The smallest absolute Gasteiger partial charge is 0.0931 e. The van der Waals surface area contributed by atoms with E-state index in [2.05, 4.69) is 56.4 Å². The molecule has 0 fully saturated rings. The predicted octanol–water partition coefficient (Wildman–Crippen LogP) is 5.12. The van der Waals surface area contributed by atoms with E-state index >= 15 is 0 Å². The first kappa shape index (κ1) is 13.6. The first-order chi connectivity index (χ1) is 8.56. The van der Waals surface area contributed by atoms with E-state index in [9.17, 15) is 0 Å². The number of nitrogens with one attached hydrogen (secondary N) is 1. The minimum atomic E-state index is 0.318. The molecule has 18 heavy (non-hydrogen) atoms. The van der Waals surface area contributed by atoms with Crippen molar-refractivity contribution in [2.24, 2.45) is 0 Å². The Kier molecular flexibility index (Phi) is 4.44. The Bertz CT molecular complexity index is 521. The fraction of sp³-hybridized carbons (Fsp3) is 0.333. The second-order valence-electron chi connectivity index (χ2n) is 4.67. The van der Waals surface area contributed by atoms with E-state index in [0.29, 0.717) is 12.1 Å². The van der Waals surface area contributed by atoms with Gasteiger partial charge in [0.1, 0.15) is 0 Å². The van der Waals surface area contributed by atoms with E-state index in [1.165, 1.54) is 16.0 Å². The number of thiophene rings is 1. The molecule has 1 aromatic carbocycles. The molecule has 2 atom stereocenters. The van der Waals surface area contributed by atoms with Crippen LogP contribution in [0, 0.1) is 6.92 Å². The highest BCUT2D eigenvalue weighted by Crippen LogP contribution is 2.28. The fourth-order valence-corrected chi connectivity index (χ4v) is 3.13. The molecular formula is C15H18ClNS. The molecule has 0 aliphatic heterocycles. The third-order valence-electron chi connectivity index (χ3n) is 3.06. The van der Waals surface area contributed by atoms with Crippen molar-refractivity contribution in [1.82, 2.24) is 5.32 Å². The second-order valence-corrected chi connectivity index (χ2v) is 6.41. The Balaban J connectivity index is 2.05. The van der Waals surface area contributed by atoms with Gasteiger partial charge >= 0.3 is 0 Å². The zero-order chi connectivity index (χ0) is 13.1. The molecule has 1 aromatic heterocycles. The van der Waals surface area contributed by atoms with Crippen molar-refractivity contribution in [3.63, 3.8) is 0 Å². The van der Waals surface area contributed by atoms with Crippen molar-refractivity contribution in [2.75, 3.05) is 0 Å². The summed E-state index contributed by atoms with van der Waals surface area (Å²) in [5, 5.41) is 3.60. The lowest BCUT2D eigenvalue weighted by Gasteiger charge is -2.19. The van der Waals surface area contributed by atoms with Gasteiger partial charge in [-0.1, -0.05) is 41.4 Å². The lowest BCUT2D eigenvalue weighted by Crippen LogP contribution is -2.21. The van der Waals surface area contributed by atoms with Crippen molar-refractivity contribution < 1.29 is 0 Å². The molecule has 1 nitrogen and oxygen atoms in total. The number of hydrogen-bond acceptors (Lipinski definition) is 2. The van der Waals surface area contributed by atoms with Gasteiger partial charge in [-0.15, -0.1) is 11.3 Å². The molecule has 96 valence electrons. The van der Waals surface area contributed by atoms with Crippen molar-refractivity contribution >= 4 is 22.9 Å². The normalized spacial score (nSPS) is 14.4. The van der Waals surface area contributed by atoms with Crippen molar-refractivity contribution in [1.29, 1.82) is 0 Å². The van der Waals surface area contributed by atoms with Crippen LogP contribution in [0.4, 0.5) is 0 Å². The maximum absolute atomic E-state index is 5.97. The fourth-order valence-electron chi connectivity index (χ4n) is 2.05. The molecule has 2 rings (SSSR count). The highest BCUT2D eigenvalue weighted by atomic mass is 35.5. The SMILES string of the molecule is Cc1cccc(C(C)NC(C)c2ccc(Cl)s2)c1. The number of hydrogen-bond donors (Lipinski definition) is 1. The Hall–Kier alpha value is -0.830. The molecule has 2 unspecified atom stereocenters. The van der Waals surface area contributed by atoms with Crippen LogP contribution in [0.5, 0.6) is 0 Å². The van der Waals surface area contributed by atoms with Crippen LogP contribution < -0.4 is 5.32 Å². The van der Waals surface area contributed by atoms with Gasteiger partial charge < -0.3 is 5.32 Å². The van der Waals surface area contributed by atoms with Gasteiger partial charge in [0.05, 0.1) is 4.34 Å². The lowest BCUT2D eigenvalue weighted by atomic mass is 10.0. The zero-order valence-corrected chi connectivity index (χ0v) is 12.5. The average Bonchev–Trinajstić information content (AvgIpc) is 2.76.